The molecule has 1 heterocycles. The molecule has 0 bridgehead atoms. The van der Waals surface area contributed by atoms with Gasteiger partial charge in [0.25, 0.3) is 0 Å². The van der Waals surface area contributed by atoms with Crippen molar-refractivity contribution >= 4 is 23.6 Å². The van der Waals surface area contributed by atoms with Gasteiger partial charge in [0.2, 0.25) is 11.8 Å². The number of hydrogen-bond acceptors (Lipinski definition) is 3. The lowest BCUT2D eigenvalue weighted by Crippen LogP contribution is -2.65. The minimum atomic E-state index is -0.549. The summed E-state index contributed by atoms with van der Waals surface area (Å²) >= 11 is 1.81. The first-order chi connectivity index (χ1) is 8.18. The van der Waals surface area contributed by atoms with E-state index < -0.39 is 5.54 Å². The molecule has 17 heavy (non-hydrogen) atoms. The lowest BCUT2D eigenvalue weighted by atomic mass is 9.93. The summed E-state index contributed by atoms with van der Waals surface area (Å²) in [6.07, 6.45) is 3.72. The average Bonchev–Trinajstić information content (AvgIpc) is 2.75. The highest BCUT2D eigenvalue weighted by Crippen LogP contribution is 2.33. The summed E-state index contributed by atoms with van der Waals surface area (Å²) in [6, 6.07) is 0. The molecule has 4 nitrogen and oxygen atoms in total. The van der Waals surface area contributed by atoms with Crippen molar-refractivity contribution in [3.8, 4) is 0 Å². The SMILES string of the molecule is CCSCCN1CC(=O)NC2(CCCC2)C1=O. The van der Waals surface area contributed by atoms with E-state index in [1.54, 1.807) is 4.90 Å². The van der Waals surface area contributed by atoms with E-state index in [9.17, 15) is 9.59 Å². The van der Waals surface area contributed by atoms with Gasteiger partial charge in [-0.1, -0.05) is 19.8 Å². The van der Waals surface area contributed by atoms with Gasteiger partial charge in [0, 0.05) is 12.3 Å². The molecule has 96 valence electrons. The van der Waals surface area contributed by atoms with E-state index in [0.717, 1.165) is 37.2 Å². The van der Waals surface area contributed by atoms with E-state index in [4.69, 9.17) is 0 Å². The van der Waals surface area contributed by atoms with E-state index in [1.165, 1.54) is 0 Å². The molecule has 1 saturated heterocycles. The molecule has 1 spiro atoms. The molecule has 2 fully saturated rings. The van der Waals surface area contributed by atoms with Crippen LogP contribution in [0.2, 0.25) is 0 Å². The number of carbonyl (C=O) groups excluding carboxylic acids is 2. The fraction of sp³-hybridized carbons (Fsp3) is 0.833. The highest BCUT2D eigenvalue weighted by molar-refractivity contribution is 7.99. The number of rotatable bonds is 4. The van der Waals surface area contributed by atoms with Gasteiger partial charge in [0.05, 0.1) is 6.54 Å². The van der Waals surface area contributed by atoms with Crippen LogP contribution < -0.4 is 5.32 Å². The van der Waals surface area contributed by atoms with Crippen molar-refractivity contribution in [1.29, 1.82) is 0 Å². The Kier molecular flexibility index (Phi) is 3.97. The van der Waals surface area contributed by atoms with Gasteiger partial charge in [-0.15, -0.1) is 0 Å². The van der Waals surface area contributed by atoms with Crippen molar-refractivity contribution in [3.63, 3.8) is 0 Å². The van der Waals surface area contributed by atoms with Crippen LogP contribution in [0.4, 0.5) is 0 Å². The van der Waals surface area contributed by atoms with Gasteiger partial charge < -0.3 is 10.2 Å². The first kappa shape index (κ1) is 12.7. The molecule has 1 saturated carbocycles. The highest BCUT2D eigenvalue weighted by atomic mass is 32.2. The van der Waals surface area contributed by atoms with Gasteiger partial charge in [-0.05, 0) is 18.6 Å². The van der Waals surface area contributed by atoms with Crippen LogP contribution in [-0.4, -0.2) is 46.8 Å². The van der Waals surface area contributed by atoms with Gasteiger partial charge in [-0.2, -0.15) is 11.8 Å². The second kappa shape index (κ2) is 5.29. The Hall–Kier alpha value is -0.710. The predicted molar refractivity (Wildman–Crippen MR) is 68.9 cm³/mol. The molecule has 0 aromatic carbocycles. The quantitative estimate of drug-likeness (QED) is 0.764. The molecule has 1 aliphatic heterocycles. The first-order valence-electron chi connectivity index (χ1n) is 6.36. The van der Waals surface area contributed by atoms with Gasteiger partial charge in [-0.25, -0.2) is 0 Å². The van der Waals surface area contributed by atoms with E-state index in [1.807, 2.05) is 11.8 Å². The molecule has 0 unspecified atom stereocenters. The molecule has 2 amide bonds. The van der Waals surface area contributed by atoms with Crippen LogP contribution in [0.25, 0.3) is 0 Å². The Morgan fingerprint density at radius 2 is 2.06 bits per heavy atom. The van der Waals surface area contributed by atoms with Crippen molar-refractivity contribution in [2.45, 2.75) is 38.1 Å². The predicted octanol–water partition coefficient (Wildman–Crippen LogP) is 1.01. The molecule has 2 rings (SSSR count). The van der Waals surface area contributed by atoms with E-state index >= 15 is 0 Å². The first-order valence-corrected chi connectivity index (χ1v) is 7.51. The maximum Gasteiger partial charge on any atom is 0.248 e. The molecular formula is C12H20N2O2S. The van der Waals surface area contributed by atoms with Crippen molar-refractivity contribution in [1.82, 2.24) is 10.2 Å². The molecule has 1 N–H and O–H groups in total. The maximum atomic E-state index is 12.4. The normalized spacial score (nSPS) is 23.2. The third kappa shape index (κ3) is 2.59. The second-order valence-electron chi connectivity index (χ2n) is 4.76. The lowest BCUT2D eigenvalue weighted by Gasteiger charge is -2.39. The van der Waals surface area contributed by atoms with Crippen molar-refractivity contribution in [3.05, 3.63) is 0 Å². The van der Waals surface area contributed by atoms with Gasteiger partial charge >= 0.3 is 0 Å². The largest absolute Gasteiger partial charge is 0.340 e. The molecule has 1 aliphatic carbocycles. The van der Waals surface area contributed by atoms with Gasteiger partial charge in [0.1, 0.15) is 5.54 Å². The second-order valence-corrected chi connectivity index (χ2v) is 6.15. The Bertz CT molecular complexity index is 314. The molecule has 0 aromatic heterocycles. The molecular weight excluding hydrogens is 236 g/mol. The van der Waals surface area contributed by atoms with Crippen LogP contribution in [-0.2, 0) is 9.59 Å². The van der Waals surface area contributed by atoms with Crippen LogP contribution in [0.3, 0.4) is 0 Å². The monoisotopic (exact) mass is 256 g/mol. The zero-order valence-corrected chi connectivity index (χ0v) is 11.1. The zero-order chi connectivity index (χ0) is 12.3. The number of nitrogens with zero attached hydrogens (tertiary/aromatic N) is 1. The third-order valence-electron chi connectivity index (χ3n) is 3.58. The van der Waals surface area contributed by atoms with Crippen molar-refractivity contribution in [2.75, 3.05) is 24.6 Å². The summed E-state index contributed by atoms with van der Waals surface area (Å²) in [4.78, 5) is 25.8. The van der Waals surface area contributed by atoms with E-state index in [0.29, 0.717) is 6.54 Å². The number of nitrogens with one attached hydrogen (secondary N) is 1. The summed E-state index contributed by atoms with van der Waals surface area (Å²) in [5, 5.41) is 2.92. The molecule has 2 aliphatic rings. The van der Waals surface area contributed by atoms with Crippen molar-refractivity contribution < 1.29 is 9.59 Å². The van der Waals surface area contributed by atoms with Gasteiger partial charge in [-0.3, -0.25) is 9.59 Å². The van der Waals surface area contributed by atoms with Crippen LogP contribution >= 0.6 is 11.8 Å². The minimum absolute atomic E-state index is 0.00741. The van der Waals surface area contributed by atoms with Crippen LogP contribution in [0.5, 0.6) is 0 Å². The molecule has 0 atom stereocenters. The minimum Gasteiger partial charge on any atom is -0.340 e. The number of thioether (sulfide) groups is 1. The molecule has 0 radical (unpaired) electrons. The molecule has 0 aromatic rings. The standard InChI is InChI=1S/C12H20N2O2S/c1-2-17-8-7-14-9-10(15)13-12(11(14)16)5-3-4-6-12/h2-9H2,1H3,(H,13,15). The summed E-state index contributed by atoms with van der Waals surface area (Å²) in [6.45, 7) is 3.05. The highest BCUT2D eigenvalue weighted by Gasteiger charge is 2.47. The zero-order valence-electron chi connectivity index (χ0n) is 10.3. The third-order valence-corrected chi connectivity index (χ3v) is 4.46. The Morgan fingerprint density at radius 3 is 2.71 bits per heavy atom. The summed E-state index contributed by atoms with van der Waals surface area (Å²) in [7, 11) is 0. The van der Waals surface area contributed by atoms with Crippen molar-refractivity contribution in [2.24, 2.45) is 0 Å². The number of amides is 2. The summed E-state index contributed by atoms with van der Waals surface area (Å²) in [5.41, 5.74) is -0.549. The smallest absolute Gasteiger partial charge is 0.248 e. The fourth-order valence-corrected chi connectivity index (χ4v) is 3.36. The number of carbonyl (C=O) groups is 2. The van der Waals surface area contributed by atoms with E-state index in [-0.39, 0.29) is 18.4 Å². The van der Waals surface area contributed by atoms with Crippen LogP contribution in [0.15, 0.2) is 0 Å². The van der Waals surface area contributed by atoms with E-state index in [2.05, 4.69) is 12.2 Å². The van der Waals surface area contributed by atoms with Gasteiger partial charge in [0.15, 0.2) is 0 Å². The Balaban J connectivity index is 2.01. The fourth-order valence-electron chi connectivity index (χ4n) is 2.72. The topological polar surface area (TPSA) is 49.4 Å². The number of piperazine rings is 1. The Morgan fingerprint density at radius 1 is 1.35 bits per heavy atom. The summed E-state index contributed by atoms with van der Waals surface area (Å²) < 4.78 is 0. The summed E-state index contributed by atoms with van der Waals surface area (Å²) in [5.74, 6) is 2.13. The van der Waals surface area contributed by atoms with Crippen LogP contribution in [0, 0.1) is 0 Å². The molecule has 5 heteroatoms. The lowest BCUT2D eigenvalue weighted by molar-refractivity contribution is -0.149. The Labute approximate surface area is 106 Å². The average molecular weight is 256 g/mol. The number of hydrogen-bond donors (Lipinski definition) is 1. The maximum absolute atomic E-state index is 12.4. The van der Waals surface area contributed by atoms with Crippen LogP contribution in [0.1, 0.15) is 32.6 Å².